The zero-order valence-corrected chi connectivity index (χ0v) is 10.1. The Balaban J connectivity index is 2.42. The van der Waals surface area contributed by atoms with Crippen LogP contribution in [0.2, 0.25) is 0 Å². The molecule has 1 aliphatic heterocycles. The third-order valence-corrected chi connectivity index (χ3v) is 3.29. The summed E-state index contributed by atoms with van der Waals surface area (Å²) in [7, 11) is 0. The molecule has 1 aromatic carbocycles. The van der Waals surface area contributed by atoms with Gasteiger partial charge in [-0.1, -0.05) is 0 Å². The molecule has 0 atom stereocenters. The molecule has 0 spiro atoms. The summed E-state index contributed by atoms with van der Waals surface area (Å²) in [5, 5.41) is 8.79. The van der Waals surface area contributed by atoms with Crippen molar-refractivity contribution in [3.8, 4) is 0 Å². The van der Waals surface area contributed by atoms with Crippen molar-refractivity contribution >= 4 is 27.6 Å². The molecule has 1 fully saturated rings. The Hall–Kier alpha value is -1.10. The summed E-state index contributed by atoms with van der Waals surface area (Å²) in [5.74, 6) is -1.60. The summed E-state index contributed by atoms with van der Waals surface area (Å²) >= 11 is 3.23. The Morgan fingerprint density at radius 2 is 2.00 bits per heavy atom. The number of aromatic carboxylic acids is 1. The molecule has 0 aromatic heterocycles. The second-order valence-electron chi connectivity index (χ2n) is 3.79. The highest BCUT2D eigenvalue weighted by Gasteiger charge is 2.20. The molecule has 0 aliphatic carbocycles. The normalized spacial score (nSPS) is 15.5. The van der Waals surface area contributed by atoms with Crippen LogP contribution in [0.3, 0.4) is 0 Å². The number of benzene rings is 1. The fraction of sp³-hybridized carbons (Fsp3) is 0.364. The molecule has 0 saturated carbocycles. The standard InChI is InChI=1S/C11H11BrFNO2/c12-8-5-7(11(15)16)6-9(13)10(8)14-3-1-2-4-14/h5-6H,1-4H2,(H,15,16). The van der Waals surface area contributed by atoms with E-state index >= 15 is 0 Å². The lowest BCUT2D eigenvalue weighted by Gasteiger charge is -2.20. The molecular weight excluding hydrogens is 277 g/mol. The lowest BCUT2D eigenvalue weighted by Crippen LogP contribution is -2.20. The minimum Gasteiger partial charge on any atom is -0.478 e. The summed E-state index contributed by atoms with van der Waals surface area (Å²) < 4.78 is 14.3. The van der Waals surface area contributed by atoms with Gasteiger partial charge in [-0.2, -0.15) is 0 Å². The van der Waals surface area contributed by atoms with Crippen LogP contribution in [-0.4, -0.2) is 24.2 Å². The van der Waals surface area contributed by atoms with E-state index in [-0.39, 0.29) is 5.56 Å². The molecule has 0 amide bonds. The molecule has 0 bridgehead atoms. The highest BCUT2D eigenvalue weighted by atomic mass is 79.9. The van der Waals surface area contributed by atoms with Gasteiger partial charge in [-0.3, -0.25) is 0 Å². The van der Waals surface area contributed by atoms with Crippen molar-refractivity contribution in [1.29, 1.82) is 0 Å². The summed E-state index contributed by atoms with van der Waals surface area (Å²) in [6.45, 7) is 1.64. The maximum atomic E-state index is 13.8. The molecule has 1 saturated heterocycles. The molecule has 3 nitrogen and oxygen atoms in total. The van der Waals surface area contributed by atoms with Crippen LogP contribution in [0.1, 0.15) is 23.2 Å². The first kappa shape index (κ1) is 11.4. The highest BCUT2D eigenvalue weighted by molar-refractivity contribution is 9.10. The number of hydrogen-bond donors (Lipinski definition) is 1. The van der Waals surface area contributed by atoms with Gasteiger partial charge in [0.1, 0.15) is 5.82 Å². The van der Waals surface area contributed by atoms with Crippen LogP contribution in [0.25, 0.3) is 0 Å². The molecule has 0 unspecified atom stereocenters. The maximum absolute atomic E-state index is 13.8. The average Bonchev–Trinajstić information content (AvgIpc) is 2.69. The summed E-state index contributed by atoms with van der Waals surface area (Å²) in [5.41, 5.74) is 0.440. The molecule has 1 N–H and O–H groups in total. The van der Waals surface area contributed by atoms with Crippen LogP contribution < -0.4 is 4.90 Å². The van der Waals surface area contributed by atoms with Crippen LogP contribution in [0.5, 0.6) is 0 Å². The van der Waals surface area contributed by atoms with Crippen molar-refractivity contribution in [3.05, 3.63) is 28.0 Å². The van der Waals surface area contributed by atoms with Crippen molar-refractivity contribution < 1.29 is 14.3 Å². The summed E-state index contributed by atoms with van der Waals surface area (Å²) in [4.78, 5) is 12.7. The molecule has 86 valence electrons. The smallest absolute Gasteiger partial charge is 0.335 e. The predicted molar refractivity (Wildman–Crippen MR) is 62.5 cm³/mol. The molecule has 2 rings (SSSR count). The Morgan fingerprint density at radius 3 is 2.50 bits per heavy atom. The van der Waals surface area contributed by atoms with Gasteiger partial charge in [0.05, 0.1) is 11.3 Å². The van der Waals surface area contributed by atoms with E-state index in [9.17, 15) is 9.18 Å². The molecule has 1 aromatic rings. The van der Waals surface area contributed by atoms with Gasteiger partial charge in [0, 0.05) is 17.6 Å². The van der Waals surface area contributed by atoms with E-state index in [1.165, 1.54) is 6.07 Å². The minimum atomic E-state index is -1.12. The number of nitrogens with zero attached hydrogens (tertiary/aromatic N) is 1. The Morgan fingerprint density at radius 1 is 1.38 bits per heavy atom. The first-order chi connectivity index (χ1) is 7.59. The second kappa shape index (κ2) is 4.41. The molecule has 16 heavy (non-hydrogen) atoms. The molecule has 0 radical (unpaired) electrons. The third kappa shape index (κ3) is 2.04. The van der Waals surface area contributed by atoms with Crippen LogP contribution in [-0.2, 0) is 0 Å². The second-order valence-corrected chi connectivity index (χ2v) is 4.64. The Bertz CT molecular complexity index is 407. The fourth-order valence-corrected chi connectivity index (χ4v) is 2.62. The van der Waals surface area contributed by atoms with Crippen molar-refractivity contribution in [2.45, 2.75) is 12.8 Å². The number of carboxylic acids is 1. The zero-order chi connectivity index (χ0) is 11.7. The Kier molecular flexibility index (Phi) is 3.14. The number of rotatable bonds is 2. The van der Waals surface area contributed by atoms with Crippen molar-refractivity contribution in [1.82, 2.24) is 0 Å². The topological polar surface area (TPSA) is 40.5 Å². The molecule has 5 heteroatoms. The number of carbonyl (C=O) groups is 1. The minimum absolute atomic E-state index is 0.0349. The lowest BCUT2D eigenvalue weighted by atomic mass is 10.2. The van der Waals surface area contributed by atoms with Gasteiger partial charge in [-0.25, -0.2) is 9.18 Å². The van der Waals surface area contributed by atoms with Crippen LogP contribution in [0.15, 0.2) is 16.6 Å². The lowest BCUT2D eigenvalue weighted by molar-refractivity contribution is 0.0696. The van der Waals surface area contributed by atoms with E-state index < -0.39 is 11.8 Å². The van der Waals surface area contributed by atoms with Gasteiger partial charge in [0.25, 0.3) is 0 Å². The number of halogens is 2. The van der Waals surface area contributed by atoms with Crippen LogP contribution >= 0.6 is 15.9 Å². The molecule has 1 aliphatic rings. The molecule has 1 heterocycles. The predicted octanol–water partition coefficient (Wildman–Crippen LogP) is 2.89. The quantitative estimate of drug-likeness (QED) is 0.909. The summed E-state index contributed by atoms with van der Waals surface area (Å²) in [6.07, 6.45) is 2.10. The Labute approximate surface area is 101 Å². The van der Waals surface area contributed by atoms with E-state index in [0.29, 0.717) is 10.2 Å². The van der Waals surface area contributed by atoms with Gasteiger partial charge < -0.3 is 10.0 Å². The van der Waals surface area contributed by atoms with E-state index in [4.69, 9.17) is 5.11 Å². The van der Waals surface area contributed by atoms with E-state index in [2.05, 4.69) is 15.9 Å². The SMILES string of the molecule is O=C(O)c1cc(F)c(N2CCCC2)c(Br)c1. The van der Waals surface area contributed by atoms with Gasteiger partial charge in [-0.15, -0.1) is 0 Å². The first-order valence-corrected chi connectivity index (χ1v) is 5.86. The zero-order valence-electron chi connectivity index (χ0n) is 8.54. The van der Waals surface area contributed by atoms with Gasteiger partial charge in [0.15, 0.2) is 0 Å². The van der Waals surface area contributed by atoms with Crippen LogP contribution in [0, 0.1) is 5.82 Å². The number of anilines is 1. The maximum Gasteiger partial charge on any atom is 0.335 e. The van der Waals surface area contributed by atoms with Crippen molar-refractivity contribution in [3.63, 3.8) is 0 Å². The third-order valence-electron chi connectivity index (χ3n) is 2.69. The van der Waals surface area contributed by atoms with E-state index in [1.54, 1.807) is 0 Å². The fourth-order valence-electron chi connectivity index (χ4n) is 1.93. The van der Waals surface area contributed by atoms with Gasteiger partial charge in [0.2, 0.25) is 0 Å². The van der Waals surface area contributed by atoms with E-state index in [1.807, 2.05) is 4.90 Å². The monoisotopic (exact) mass is 287 g/mol. The highest BCUT2D eigenvalue weighted by Crippen LogP contribution is 2.32. The average molecular weight is 288 g/mol. The van der Waals surface area contributed by atoms with Gasteiger partial charge >= 0.3 is 5.97 Å². The molecular formula is C11H11BrFNO2. The van der Waals surface area contributed by atoms with Crippen molar-refractivity contribution in [2.24, 2.45) is 0 Å². The van der Waals surface area contributed by atoms with E-state index in [0.717, 1.165) is 32.0 Å². The van der Waals surface area contributed by atoms with Gasteiger partial charge in [-0.05, 0) is 40.9 Å². The first-order valence-electron chi connectivity index (χ1n) is 5.07. The number of carboxylic acid groups (broad SMARTS) is 1. The van der Waals surface area contributed by atoms with Crippen molar-refractivity contribution in [2.75, 3.05) is 18.0 Å². The largest absolute Gasteiger partial charge is 0.478 e. The van der Waals surface area contributed by atoms with Crippen LogP contribution in [0.4, 0.5) is 10.1 Å². The number of hydrogen-bond acceptors (Lipinski definition) is 2. The summed E-state index contributed by atoms with van der Waals surface area (Å²) in [6, 6.07) is 2.51.